The molecule has 3 heteroatoms. The zero-order valence-corrected chi connectivity index (χ0v) is 7.89. The molecular weight excluding hydrogens is 152 g/mol. The van der Waals surface area contributed by atoms with Gasteiger partial charge in [0.2, 0.25) is 5.91 Å². The fourth-order valence-electron chi connectivity index (χ4n) is 1.64. The van der Waals surface area contributed by atoms with Gasteiger partial charge in [0, 0.05) is 12.6 Å². The van der Waals surface area contributed by atoms with E-state index in [0.717, 1.165) is 19.4 Å². The van der Waals surface area contributed by atoms with E-state index in [-0.39, 0.29) is 11.9 Å². The van der Waals surface area contributed by atoms with Crippen LogP contribution in [0.25, 0.3) is 0 Å². The second-order valence-corrected chi connectivity index (χ2v) is 3.45. The van der Waals surface area contributed by atoms with Gasteiger partial charge in [0.15, 0.2) is 0 Å². The highest BCUT2D eigenvalue weighted by Gasteiger charge is 2.23. The van der Waals surface area contributed by atoms with E-state index in [0.29, 0.717) is 6.04 Å². The van der Waals surface area contributed by atoms with Gasteiger partial charge in [-0.25, -0.2) is 0 Å². The van der Waals surface area contributed by atoms with Gasteiger partial charge < -0.3 is 10.6 Å². The number of carbonyl (C=O) groups is 1. The average molecular weight is 170 g/mol. The smallest absolute Gasteiger partial charge is 0.237 e. The zero-order valence-electron chi connectivity index (χ0n) is 7.89. The van der Waals surface area contributed by atoms with Crippen LogP contribution in [0.1, 0.15) is 33.1 Å². The number of amides is 1. The maximum Gasteiger partial charge on any atom is 0.237 e. The third-order valence-electron chi connectivity index (χ3n) is 2.28. The first-order valence-electron chi connectivity index (χ1n) is 4.77. The van der Waals surface area contributed by atoms with Gasteiger partial charge in [-0.1, -0.05) is 0 Å². The van der Waals surface area contributed by atoms with E-state index in [4.69, 9.17) is 0 Å². The zero-order chi connectivity index (χ0) is 8.97. The molecule has 0 saturated carbocycles. The van der Waals surface area contributed by atoms with Crippen LogP contribution in [0.4, 0.5) is 0 Å². The highest BCUT2D eigenvalue weighted by molar-refractivity contribution is 5.81. The second kappa shape index (κ2) is 4.45. The largest absolute Gasteiger partial charge is 0.355 e. The fraction of sp³-hybridized carbons (Fsp3) is 0.889. The summed E-state index contributed by atoms with van der Waals surface area (Å²) in [6, 6.07) is 0.542. The van der Waals surface area contributed by atoms with Crippen LogP contribution in [0, 0.1) is 0 Å². The monoisotopic (exact) mass is 170 g/mol. The van der Waals surface area contributed by atoms with Crippen LogP contribution in [0.5, 0.6) is 0 Å². The summed E-state index contributed by atoms with van der Waals surface area (Å²) in [4.78, 5) is 11.4. The molecule has 0 aromatic rings. The Hall–Kier alpha value is -0.570. The first kappa shape index (κ1) is 9.52. The Labute approximate surface area is 73.9 Å². The van der Waals surface area contributed by atoms with Crippen LogP contribution < -0.4 is 10.6 Å². The maximum absolute atomic E-state index is 11.4. The summed E-state index contributed by atoms with van der Waals surface area (Å²) in [6.07, 6.45) is 3.34. The van der Waals surface area contributed by atoms with E-state index >= 15 is 0 Å². The number of nitrogens with one attached hydrogen (secondary N) is 2. The van der Waals surface area contributed by atoms with Crippen LogP contribution >= 0.6 is 0 Å². The number of piperidine rings is 1. The van der Waals surface area contributed by atoms with Gasteiger partial charge in [-0.15, -0.1) is 0 Å². The quantitative estimate of drug-likeness (QED) is 0.639. The minimum atomic E-state index is 0.0497. The van der Waals surface area contributed by atoms with E-state index in [2.05, 4.69) is 17.6 Å². The summed E-state index contributed by atoms with van der Waals surface area (Å²) >= 11 is 0. The van der Waals surface area contributed by atoms with Gasteiger partial charge in [0.25, 0.3) is 0 Å². The highest BCUT2D eigenvalue weighted by atomic mass is 16.2. The number of hydrogen-bond acceptors (Lipinski definition) is 2. The molecule has 1 amide bonds. The van der Waals surface area contributed by atoms with Crippen LogP contribution in [-0.4, -0.2) is 24.5 Å². The second-order valence-electron chi connectivity index (χ2n) is 3.45. The Balaban J connectivity index is 2.35. The van der Waals surface area contributed by atoms with Gasteiger partial charge in [0.1, 0.15) is 0 Å². The van der Waals surface area contributed by atoms with E-state index in [1.165, 1.54) is 6.42 Å². The Morgan fingerprint density at radius 1 is 1.58 bits per heavy atom. The van der Waals surface area contributed by atoms with E-state index in [9.17, 15) is 4.79 Å². The molecule has 1 aliphatic rings. The summed E-state index contributed by atoms with van der Waals surface area (Å²) in [7, 11) is 0. The number of likely N-dealkylation sites (N-methyl/N-ethyl adjacent to an activating group) is 1. The highest BCUT2D eigenvalue weighted by Crippen LogP contribution is 2.11. The standard InChI is InChI=1S/C9H18N2O/c1-3-10-9(12)8-6-4-5-7(2)11-8/h7-8,11H,3-6H2,1-2H3,(H,10,12)/t7-,8+/m0/s1. The summed E-state index contributed by atoms with van der Waals surface area (Å²) in [5, 5.41) is 6.12. The van der Waals surface area contributed by atoms with Gasteiger partial charge in [0.05, 0.1) is 6.04 Å². The lowest BCUT2D eigenvalue weighted by atomic mass is 9.99. The number of hydrogen-bond donors (Lipinski definition) is 2. The van der Waals surface area contributed by atoms with Crippen LogP contribution in [0.2, 0.25) is 0 Å². The summed E-state index contributed by atoms with van der Waals surface area (Å²) in [5.41, 5.74) is 0. The molecule has 1 saturated heterocycles. The van der Waals surface area contributed by atoms with E-state index in [1.54, 1.807) is 0 Å². The number of rotatable bonds is 2. The molecular formula is C9H18N2O. The molecule has 0 unspecified atom stereocenters. The predicted octanol–water partition coefficient (Wildman–Crippen LogP) is 0.653. The van der Waals surface area contributed by atoms with Gasteiger partial charge in [-0.3, -0.25) is 4.79 Å². The SMILES string of the molecule is CCNC(=O)[C@H]1CCC[C@H](C)N1. The van der Waals surface area contributed by atoms with Crippen LogP contribution in [0.15, 0.2) is 0 Å². The Morgan fingerprint density at radius 3 is 2.92 bits per heavy atom. The molecule has 0 aromatic carbocycles. The molecule has 0 radical (unpaired) electrons. The first-order valence-corrected chi connectivity index (χ1v) is 4.77. The predicted molar refractivity (Wildman–Crippen MR) is 48.9 cm³/mol. The summed E-state index contributed by atoms with van der Waals surface area (Å²) in [6.45, 7) is 4.81. The van der Waals surface area contributed by atoms with Crippen LogP contribution in [-0.2, 0) is 4.79 Å². The molecule has 0 spiro atoms. The van der Waals surface area contributed by atoms with Gasteiger partial charge >= 0.3 is 0 Å². The van der Waals surface area contributed by atoms with Crippen molar-refractivity contribution in [2.24, 2.45) is 0 Å². The van der Waals surface area contributed by atoms with Crippen molar-refractivity contribution in [2.45, 2.75) is 45.2 Å². The lowest BCUT2D eigenvalue weighted by Crippen LogP contribution is -2.49. The molecule has 1 fully saturated rings. The van der Waals surface area contributed by atoms with Crippen molar-refractivity contribution in [1.82, 2.24) is 10.6 Å². The van der Waals surface area contributed by atoms with E-state index in [1.807, 2.05) is 6.92 Å². The summed E-state index contributed by atoms with van der Waals surface area (Å²) in [5.74, 6) is 0.157. The Morgan fingerprint density at radius 2 is 2.33 bits per heavy atom. The van der Waals surface area contributed by atoms with Crippen molar-refractivity contribution >= 4 is 5.91 Å². The fourth-order valence-corrected chi connectivity index (χ4v) is 1.64. The molecule has 2 atom stereocenters. The van der Waals surface area contributed by atoms with Crippen LogP contribution in [0.3, 0.4) is 0 Å². The number of carbonyl (C=O) groups excluding carboxylic acids is 1. The molecule has 1 heterocycles. The lowest BCUT2D eigenvalue weighted by molar-refractivity contribution is -0.123. The molecule has 2 N–H and O–H groups in total. The minimum absolute atomic E-state index is 0.0497. The molecule has 1 aliphatic heterocycles. The summed E-state index contributed by atoms with van der Waals surface area (Å²) < 4.78 is 0. The lowest BCUT2D eigenvalue weighted by Gasteiger charge is -2.27. The minimum Gasteiger partial charge on any atom is -0.355 e. The van der Waals surface area contributed by atoms with Gasteiger partial charge in [-0.2, -0.15) is 0 Å². The normalized spacial score (nSPS) is 29.8. The van der Waals surface area contributed by atoms with Crippen molar-refractivity contribution in [3.8, 4) is 0 Å². The maximum atomic E-state index is 11.4. The van der Waals surface area contributed by atoms with Crippen molar-refractivity contribution in [3.63, 3.8) is 0 Å². The average Bonchev–Trinajstić information content (AvgIpc) is 2.05. The molecule has 12 heavy (non-hydrogen) atoms. The molecule has 0 aliphatic carbocycles. The van der Waals surface area contributed by atoms with Crippen molar-refractivity contribution in [1.29, 1.82) is 0 Å². The first-order chi connectivity index (χ1) is 5.74. The topological polar surface area (TPSA) is 41.1 Å². The Bertz CT molecular complexity index is 159. The molecule has 0 aromatic heterocycles. The molecule has 1 rings (SSSR count). The van der Waals surface area contributed by atoms with Gasteiger partial charge in [-0.05, 0) is 33.1 Å². The Kier molecular flexibility index (Phi) is 3.53. The van der Waals surface area contributed by atoms with E-state index < -0.39 is 0 Å². The van der Waals surface area contributed by atoms with Crippen molar-refractivity contribution in [3.05, 3.63) is 0 Å². The molecule has 3 nitrogen and oxygen atoms in total. The molecule has 0 bridgehead atoms. The molecule has 70 valence electrons. The third-order valence-corrected chi connectivity index (χ3v) is 2.28. The van der Waals surface area contributed by atoms with Crippen molar-refractivity contribution in [2.75, 3.05) is 6.54 Å². The van der Waals surface area contributed by atoms with Crippen molar-refractivity contribution < 1.29 is 4.79 Å². The third kappa shape index (κ3) is 2.48.